The molecule has 3 aliphatic heterocycles. The zero-order valence-corrected chi connectivity index (χ0v) is 44.3. The zero-order chi connectivity index (χ0) is 55.6. The summed E-state index contributed by atoms with van der Waals surface area (Å²) >= 11 is 0. The molecule has 0 saturated heterocycles. The molecule has 0 aliphatic carbocycles. The van der Waals surface area contributed by atoms with Crippen molar-refractivity contribution in [2.45, 2.75) is 60.0 Å². The van der Waals surface area contributed by atoms with E-state index in [4.69, 9.17) is 0 Å². The summed E-state index contributed by atoms with van der Waals surface area (Å²) in [6.07, 6.45) is 3.48. The Morgan fingerprint density at radius 1 is 0.333 bits per heavy atom. The van der Waals surface area contributed by atoms with Gasteiger partial charge < -0.3 is 16.0 Å². The largest absolute Gasteiger partial charge is 0.331 e. The fourth-order valence-corrected chi connectivity index (χ4v) is 8.14. The van der Waals surface area contributed by atoms with Crippen molar-refractivity contribution in [3.8, 4) is 35.5 Å². The molecular formula is C66H60N6O6. The molecule has 0 radical (unpaired) electrons. The van der Waals surface area contributed by atoms with Crippen LogP contribution < -0.4 is 16.0 Å². The van der Waals surface area contributed by atoms with Crippen molar-refractivity contribution in [2.24, 2.45) is 17.8 Å². The van der Waals surface area contributed by atoms with Crippen LogP contribution in [0.25, 0.3) is 0 Å². The van der Waals surface area contributed by atoms with Gasteiger partial charge in [0.2, 0.25) is 0 Å². The van der Waals surface area contributed by atoms with Crippen molar-refractivity contribution in [3.05, 3.63) is 251 Å². The van der Waals surface area contributed by atoms with Gasteiger partial charge in [0.25, 0.3) is 35.4 Å². The first-order chi connectivity index (χ1) is 37.7. The van der Waals surface area contributed by atoms with Crippen molar-refractivity contribution < 1.29 is 28.8 Å². The van der Waals surface area contributed by atoms with Crippen LogP contribution in [0.1, 0.15) is 89.3 Å². The molecule has 6 aromatic rings. The van der Waals surface area contributed by atoms with E-state index in [1.54, 1.807) is 69.7 Å². The Morgan fingerprint density at radius 3 is 0.744 bits per heavy atom. The van der Waals surface area contributed by atoms with Gasteiger partial charge in [-0.1, -0.05) is 186 Å². The molecule has 12 heteroatoms. The third-order valence-corrected chi connectivity index (χ3v) is 12.3. The van der Waals surface area contributed by atoms with E-state index in [0.717, 1.165) is 16.7 Å². The highest BCUT2D eigenvalue weighted by atomic mass is 16.2. The second kappa shape index (κ2) is 27.0. The van der Waals surface area contributed by atoms with Crippen LogP contribution in [-0.2, 0) is 14.4 Å². The maximum Gasteiger partial charge on any atom is 0.262 e. The highest BCUT2D eigenvalue weighted by molar-refractivity contribution is 6.04. The fourth-order valence-electron chi connectivity index (χ4n) is 8.14. The summed E-state index contributed by atoms with van der Waals surface area (Å²) in [7, 11) is 0. The molecule has 3 atom stereocenters. The van der Waals surface area contributed by atoms with Gasteiger partial charge in [0.05, 0.1) is 0 Å². The van der Waals surface area contributed by atoms with Crippen LogP contribution in [0.15, 0.2) is 217 Å². The van der Waals surface area contributed by atoms with Gasteiger partial charge in [0, 0.05) is 52.0 Å². The van der Waals surface area contributed by atoms with Gasteiger partial charge >= 0.3 is 0 Å². The Hall–Kier alpha value is -9.96. The number of nitrogens with zero attached hydrogens (tertiary/aromatic N) is 3. The minimum Gasteiger partial charge on any atom is -0.331 e. The molecule has 3 heterocycles. The van der Waals surface area contributed by atoms with Crippen molar-refractivity contribution in [1.29, 1.82) is 0 Å². The second-order valence-electron chi connectivity index (χ2n) is 19.2. The summed E-state index contributed by atoms with van der Waals surface area (Å²) in [5.74, 6) is 16.5. The Kier molecular flexibility index (Phi) is 19.3. The van der Waals surface area contributed by atoms with E-state index in [-0.39, 0.29) is 69.9 Å². The van der Waals surface area contributed by atoms with E-state index in [1.165, 1.54) is 0 Å². The number of carbonyl (C=O) groups is 6. The third kappa shape index (κ3) is 14.9. The number of carbonyl (C=O) groups excluding carboxylic acids is 6. The normalized spacial score (nSPS) is 16.4. The van der Waals surface area contributed by atoms with E-state index < -0.39 is 18.5 Å². The average Bonchev–Trinajstić information content (AvgIpc) is 3.53. The van der Waals surface area contributed by atoms with Gasteiger partial charge in [0.1, 0.15) is 35.2 Å². The van der Waals surface area contributed by atoms with E-state index >= 15 is 0 Å². The SMILES string of the molecule is CC(C)[C@H]1NC(=O)C(C#Cc2ccccc2)=CN1C(=O)c1ccccc1.CC(C)[C@H]1NC(=O)C(C#Cc2ccccc2)=CN1C(=O)c1ccccc1.CC(C)[C@H]1NC(=O)C(C#Cc2ccccc2)=CN1C(=O)c1ccccc1. The van der Waals surface area contributed by atoms with Crippen LogP contribution >= 0.6 is 0 Å². The van der Waals surface area contributed by atoms with Gasteiger partial charge in [-0.25, -0.2) is 0 Å². The first-order valence-electron chi connectivity index (χ1n) is 25.6. The monoisotopic (exact) mass is 1030 g/mol. The summed E-state index contributed by atoms with van der Waals surface area (Å²) < 4.78 is 0. The molecule has 0 bridgehead atoms. The number of amides is 6. The molecule has 0 fully saturated rings. The molecule has 12 nitrogen and oxygen atoms in total. The van der Waals surface area contributed by atoms with E-state index in [0.29, 0.717) is 16.7 Å². The molecule has 6 amide bonds. The molecule has 0 aromatic heterocycles. The minimum absolute atomic E-state index is 0.0616. The maximum atomic E-state index is 12.9. The summed E-state index contributed by atoms with van der Waals surface area (Å²) in [6, 6.07) is 55.4. The van der Waals surface area contributed by atoms with Crippen molar-refractivity contribution >= 4 is 35.4 Å². The lowest BCUT2D eigenvalue weighted by Crippen LogP contribution is -2.54. The Labute approximate surface area is 456 Å². The second-order valence-corrected chi connectivity index (χ2v) is 19.2. The lowest BCUT2D eigenvalue weighted by Gasteiger charge is -2.35. The van der Waals surface area contributed by atoms with E-state index in [9.17, 15) is 28.8 Å². The zero-order valence-electron chi connectivity index (χ0n) is 44.3. The Morgan fingerprint density at radius 2 is 0.538 bits per heavy atom. The van der Waals surface area contributed by atoms with E-state index in [1.807, 2.05) is 187 Å². The first kappa shape index (κ1) is 55.8. The van der Waals surface area contributed by atoms with Crippen molar-refractivity contribution in [2.75, 3.05) is 0 Å². The summed E-state index contributed by atoms with van der Waals surface area (Å²) in [4.78, 5) is 80.7. The number of benzene rings is 6. The molecule has 3 N–H and O–H groups in total. The molecule has 0 spiro atoms. The minimum atomic E-state index is -0.405. The molecule has 78 heavy (non-hydrogen) atoms. The van der Waals surface area contributed by atoms with Gasteiger partial charge in [-0.3, -0.25) is 43.5 Å². The Balaban J connectivity index is 0.000000170. The van der Waals surface area contributed by atoms with Gasteiger partial charge in [-0.2, -0.15) is 0 Å². The number of hydrogen-bond donors (Lipinski definition) is 3. The standard InChI is InChI=1S/3C22H20N2O2/c3*1-16(2)20-23-21(25)19(14-13-17-9-5-3-6-10-17)15-24(20)22(26)18-11-7-4-8-12-18/h3*3-12,15-16,20H,1-2H3,(H,23,25)/t3*20-/m000/s1. The van der Waals surface area contributed by atoms with Crippen LogP contribution in [0.3, 0.4) is 0 Å². The number of hydrogen-bond acceptors (Lipinski definition) is 6. The third-order valence-electron chi connectivity index (χ3n) is 12.3. The first-order valence-corrected chi connectivity index (χ1v) is 25.6. The molecule has 6 aromatic carbocycles. The van der Waals surface area contributed by atoms with Crippen LogP contribution in [0, 0.1) is 53.3 Å². The van der Waals surface area contributed by atoms with Crippen LogP contribution in [0.5, 0.6) is 0 Å². The molecule has 390 valence electrons. The predicted molar refractivity (Wildman–Crippen MR) is 302 cm³/mol. The van der Waals surface area contributed by atoms with Gasteiger partial charge in [0.15, 0.2) is 0 Å². The smallest absolute Gasteiger partial charge is 0.262 e. The summed E-state index contributed by atoms with van der Waals surface area (Å²) in [5, 5.41) is 8.69. The van der Waals surface area contributed by atoms with Gasteiger partial charge in [-0.05, 0) is 90.6 Å². The number of nitrogens with one attached hydrogen (secondary N) is 3. The molecule has 0 unspecified atom stereocenters. The lowest BCUT2D eigenvalue weighted by molar-refractivity contribution is -0.120. The highest BCUT2D eigenvalue weighted by Gasteiger charge is 2.35. The fraction of sp³-hybridized carbons (Fsp3) is 0.182. The average molecular weight is 1030 g/mol. The van der Waals surface area contributed by atoms with Crippen molar-refractivity contribution in [1.82, 2.24) is 30.7 Å². The maximum absolute atomic E-state index is 12.9. The molecule has 3 aliphatic rings. The lowest BCUT2D eigenvalue weighted by atomic mass is 10.0. The number of rotatable bonds is 6. The van der Waals surface area contributed by atoms with Crippen molar-refractivity contribution in [3.63, 3.8) is 0 Å². The van der Waals surface area contributed by atoms with E-state index in [2.05, 4.69) is 51.5 Å². The van der Waals surface area contributed by atoms with Gasteiger partial charge in [-0.15, -0.1) is 0 Å². The molecule has 9 rings (SSSR count). The molecule has 0 saturated carbocycles. The Bertz CT molecular complexity index is 3030. The summed E-state index contributed by atoms with van der Waals surface area (Å²) in [6.45, 7) is 11.8. The molecular weight excluding hydrogens is 973 g/mol. The predicted octanol–water partition coefficient (Wildman–Crippen LogP) is 9.53. The summed E-state index contributed by atoms with van der Waals surface area (Å²) in [5.41, 5.74) is 4.97. The topological polar surface area (TPSA) is 148 Å². The van der Waals surface area contributed by atoms with Crippen LogP contribution in [-0.4, -0.2) is 68.6 Å². The van der Waals surface area contributed by atoms with Crippen LogP contribution in [0.2, 0.25) is 0 Å². The van der Waals surface area contributed by atoms with Crippen LogP contribution in [0.4, 0.5) is 0 Å². The quantitative estimate of drug-likeness (QED) is 0.142. The highest BCUT2D eigenvalue weighted by Crippen LogP contribution is 2.23.